The molecule has 132 valence electrons. The Morgan fingerprint density at radius 1 is 1.29 bits per heavy atom. The van der Waals surface area contributed by atoms with Gasteiger partial charge in [-0.3, -0.25) is 0 Å². The fraction of sp³-hybridized carbons (Fsp3) is 0.571. The van der Waals surface area contributed by atoms with E-state index in [-0.39, 0.29) is 11.7 Å². The van der Waals surface area contributed by atoms with Crippen molar-refractivity contribution in [2.75, 3.05) is 6.61 Å². The first-order valence-electron chi connectivity index (χ1n) is 8.62. The molecular formula is C21H30O3. The average molecular weight is 330 g/mol. The number of allylic oxidation sites excluding steroid dienone is 2. The van der Waals surface area contributed by atoms with E-state index in [1.54, 1.807) is 0 Å². The highest BCUT2D eigenvalue weighted by atomic mass is 16.7. The summed E-state index contributed by atoms with van der Waals surface area (Å²) in [4.78, 5) is 10.4. The Bertz CT molecular complexity index is 523. The minimum Gasteiger partial charge on any atom is -0.457 e. The summed E-state index contributed by atoms with van der Waals surface area (Å²) in [5.74, 6) is 0.904. The van der Waals surface area contributed by atoms with Gasteiger partial charge in [0, 0.05) is 24.3 Å². The van der Waals surface area contributed by atoms with Gasteiger partial charge in [-0.2, -0.15) is 0 Å². The summed E-state index contributed by atoms with van der Waals surface area (Å²) in [6, 6.07) is 10.3. The molecule has 0 aliphatic carbocycles. The summed E-state index contributed by atoms with van der Waals surface area (Å²) in [5.41, 5.74) is 2.54. The van der Waals surface area contributed by atoms with Crippen LogP contribution in [0.5, 0.6) is 5.75 Å². The zero-order valence-corrected chi connectivity index (χ0v) is 15.8. The first-order chi connectivity index (χ1) is 11.3. The molecule has 0 saturated heterocycles. The second kappa shape index (κ2) is 9.49. The third-order valence-corrected chi connectivity index (χ3v) is 3.96. The maximum atomic E-state index is 10.4. The molecule has 0 N–H and O–H groups in total. The lowest BCUT2D eigenvalue weighted by atomic mass is 9.73. The Morgan fingerprint density at radius 3 is 2.46 bits per heavy atom. The van der Waals surface area contributed by atoms with Crippen LogP contribution in [0.2, 0.25) is 0 Å². The molecule has 1 aromatic rings. The molecule has 0 aromatic heterocycles. The van der Waals surface area contributed by atoms with Gasteiger partial charge in [-0.05, 0) is 37.5 Å². The highest BCUT2D eigenvalue weighted by Crippen LogP contribution is 2.39. The summed E-state index contributed by atoms with van der Waals surface area (Å²) < 4.78 is 11.3. The summed E-state index contributed by atoms with van der Waals surface area (Å²) in [6.45, 7) is 13.3. The van der Waals surface area contributed by atoms with E-state index in [1.165, 1.54) is 5.57 Å². The van der Waals surface area contributed by atoms with E-state index in [0.29, 0.717) is 31.1 Å². The van der Waals surface area contributed by atoms with Crippen molar-refractivity contribution in [3.05, 3.63) is 41.5 Å². The van der Waals surface area contributed by atoms with Crippen molar-refractivity contribution in [2.45, 2.75) is 66.6 Å². The molecular weight excluding hydrogens is 300 g/mol. The lowest BCUT2D eigenvalue weighted by Gasteiger charge is -2.31. The minimum absolute atomic E-state index is 0.104. The zero-order valence-electron chi connectivity index (χ0n) is 15.8. The van der Waals surface area contributed by atoms with Gasteiger partial charge in [-0.1, -0.05) is 45.4 Å². The van der Waals surface area contributed by atoms with Gasteiger partial charge in [0.1, 0.15) is 6.29 Å². The second-order valence-corrected chi connectivity index (χ2v) is 7.02. The number of ether oxygens (including phenoxy) is 2. The van der Waals surface area contributed by atoms with Gasteiger partial charge in [-0.25, -0.2) is 0 Å². The van der Waals surface area contributed by atoms with E-state index >= 15 is 0 Å². The van der Waals surface area contributed by atoms with Gasteiger partial charge in [0.15, 0.2) is 12.0 Å². The number of aldehydes is 1. The van der Waals surface area contributed by atoms with Gasteiger partial charge in [0.25, 0.3) is 0 Å². The first-order valence-corrected chi connectivity index (χ1v) is 8.62. The summed E-state index contributed by atoms with van der Waals surface area (Å²) >= 11 is 0. The van der Waals surface area contributed by atoms with Crippen LogP contribution in [0.15, 0.2) is 23.8 Å². The number of hydrogen-bond acceptors (Lipinski definition) is 3. The van der Waals surface area contributed by atoms with Crippen molar-refractivity contribution in [1.29, 1.82) is 0 Å². The van der Waals surface area contributed by atoms with Crippen LogP contribution in [0.3, 0.4) is 0 Å². The van der Waals surface area contributed by atoms with Crippen molar-refractivity contribution in [3.63, 3.8) is 0 Å². The number of rotatable bonds is 9. The van der Waals surface area contributed by atoms with Crippen LogP contribution >= 0.6 is 0 Å². The molecule has 0 amide bonds. The van der Waals surface area contributed by atoms with Crippen LogP contribution in [-0.2, 0) is 9.53 Å². The quantitative estimate of drug-likeness (QED) is 0.273. The summed E-state index contributed by atoms with van der Waals surface area (Å²) in [5, 5.41) is 0. The van der Waals surface area contributed by atoms with Crippen molar-refractivity contribution >= 4 is 6.29 Å². The highest BCUT2D eigenvalue weighted by molar-refractivity contribution is 5.49. The van der Waals surface area contributed by atoms with E-state index in [4.69, 9.17) is 9.47 Å². The highest BCUT2D eigenvalue weighted by Gasteiger charge is 2.27. The predicted octanol–water partition coefficient (Wildman–Crippen LogP) is 5.10. The molecule has 0 saturated carbocycles. The van der Waals surface area contributed by atoms with E-state index in [9.17, 15) is 4.79 Å². The monoisotopic (exact) mass is 330 g/mol. The lowest BCUT2D eigenvalue weighted by molar-refractivity contribution is -0.113. The van der Waals surface area contributed by atoms with E-state index in [0.717, 1.165) is 11.8 Å². The van der Waals surface area contributed by atoms with Gasteiger partial charge in [0.2, 0.25) is 0 Å². The minimum atomic E-state index is -0.365. The van der Waals surface area contributed by atoms with Crippen LogP contribution in [0.25, 0.3) is 0 Å². The standard InChI is InChI=1S/C21H30O3/c1-7-16(3)20(21(4,5)6)17-10-12-18(13-11-17)24-19(8-2)23-15-9-14-22/h7,10,12,14,19-20H,8-9,15H2,1-6H3. The van der Waals surface area contributed by atoms with Crippen LogP contribution < -0.4 is 4.74 Å². The largest absolute Gasteiger partial charge is 0.457 e. The maximum absolute atomic E-state index is 10.4. The SMILES string of the molecule is CC=C(C)C(c1c#cc(OC(CC)OCCC=O)cc1)C(C)(C)C. The molecule has 24 heavy (non-hydrogen) atoms. The van der Waals surface area contributed by atoms with Crippen molar-refractivity contribution in [1.82, 2.24) is 0 Å². The normalized spacial score (nSPS) is 14.7. The molecule has 3 nitrogen and oxygen atoms in total. The van der Waals surface area contributed by atoms with Crippen LogP contribution in [-0.4, -0.2) is 19.2 Å². The molecule has 3 heteroatoms. The van der Waals surface area contributed by atoms with E-state index < -0.39 is 0 Å². The predicted molar refractivity (Wildman–Crippen MR) is 97.1 cm³/mol. The van der Waals surface area contributed by atoms with Crippen molar-refractivity contribution < 1.29 is 14.3 Å². The topological polar surface area (TPSA) is 35.5 Å². The molecule has 1 rings (SSSR count). The molecule has 0 radical (unpaired) electrons. The van der Waals surface area contributed by atoms with E-state index in [1.807, 2.05) is 19.1 Å². The van der Waals surface area contributed by atoms with Crippen LogP contribution in [0, 0.1) is 17.5 Å². The lowest BCUT2D eigenvalue weighted by Crippen LogP contribution is -2.21. The Morgan fingerprint density at radius 2 is 2.00 bits per heavy atom. The van der Waals surface area contributed by atoms with Gasteiger partial charge in [0.05, 0.1) is 6.61 Å². The molecule has 0 aliphatic heterocycles. The Hall–Kier alpha value is -1.79. The third-order valence-electron chi connectivity index (χ3n) is 3.96. The molecule has 2 atom stereocenters. The zero-order chi connectivity index (χ0) is 18.2. The summed E-state index contributed by atoms with van der Waals surface area (Å²) in [7, 11) is 0. The molecule has 0 aliphatic rings. The third kappa shape index (κ3) is 6.02. The number of carbonyl (C=O) groups excluding carboxylic acids is 1. The average Bonchev–Trinajstić information content (AvgIpc) is 2.54. The molecule has 0 spiro atoms. The Labute approximate surface area is 147 Å². The van der Waals surface area contributed by atoms with Crippen LogP contribution in [0.4, 0.5) is 0 Å². The first kappa shape index (κ1) is 20.3. The van der Waals surface area contributed by atoms with Crippen molar-refractivity contribution in [2.24, 2.45) is 5.41 Å². The van der Waals surface area contributed by atoms with E-state index in [2.05, 4.69) is 52.8 Å². The smallest absolute Gasteiger partial charge is 0.200 e. The fourth-order valence-corrected chi connectivity index (χ4v) is 2.81. The number of hydrogen-bond donors (Lipinski definition) is 0. The Balaban J connectivity index is 2.85. The molecule has 1 aromatic carbocycles. The Kier molecular flexibility index (Phi) is 8.01. The molecule has 2 unspecified atom stereocenters. The molecule has 0 heterocycles. The van der Waals surface area contributed by atoms with Gasteiger partial charge in [-0.15, -0.1) is 0 Å². The van der Waals surface area contributed by atoms with Crippen LogP contribution in [0.1, 0.15) is 65.9 Å². The second-order valence-electron chi connectivity index (χ2n) is 7.02. The molecule has 0 fully saturated rings. The van der Waals surface area contributed by atoms with Crippen molar-refractivity contribution in [3.8, 4) is 5.75 Å². The fourth-order valence-electron chi connectivity index (χ4n) is 2.81. The number of carbonyl (C=O) groups is 1. The van der Waals surface area contributed by atoms with Gasteiger partial charge >= 0.3 is 0 Å². The molecule has 0 bridgehead atoms. The van der Waals surface area contributed by atoms with Gasteiger partial charge < -0.3 is 14.3 Å². The summed E-state index contributed by atoms with van der Waals surface area (Å²) in [6.07, 6.45) is 3.72. The maximum Gasteiger partial charge on any atom is 0.200 e.